The summed E-state index contributed by atoms with van der Waals surface area (Å²) >= 11 is 0. The largest absolute Gasteiger partial charge is 0.309 e. The van der Waals surface area contributed by atoms with E-state index in [9.17, 15) is 4.79 Å². The lowest BCUT2D eigenvalue weighted by Gasteiger charge is -2.03. The van der Waals surface area contributed by atoms with Gasteiger partial charge in [-0.2, -0.15) is 5.10 Å². The number of carbonyl (C=O) groups is 1. The Kier molecular flexibility index (Phi) is 3.79. The molecule has 0 atom stereocenters. The molecule has 0 spiro atoms. The van der Waals surface area contributed by atoms with E-state index in [2.05, 4.69) is 29.5 Å². The van der Waals surface area contributed by atoms with Crippen LogP contribution in [0.15, 0.2) is 24.3 Å². The Balaban J connectivity index is 2.19. The van der Waals surface area contributed by atoms with E-state index >= 15 is 0 Å². The lowest BCUT2D eigenvalue weighted by Crippen LogP contribution is -2.11. The Morgan fingerprint density at radius 3 is 2.86 bits per heavy atom. The molecule has 0 fully saturated rings. The molecule has 1 amide bonds. The van der Waals surface area contributed by atoms with Gasteiger partial charge in [-0.1, -0.05) is 25.1 Å². The zero-order valence-electron chi connectivity index (χ0n) is 13.2. The monoisotopic (exact) mass is 296 g/mol. The summed E-state index contributed by atoms with van der Waals surface area (Å²) in [7, 11) is 0. The third kappa shape index (κ3) is 2.43. The highest BCUT2D eigenvalue weighted by molar-refractivity contribution is 6.03. The van der Waals surface area contributed by atoms with Crippen molar-refractivity contribution in [2.45, 2.75) is 40.2 Å². The van der Waals surface area contributed by atoms with Gasteiger partial charge in [-0.05, 0) is 31.9 Å². The van der Waals surface area contributed by atoms with Crippen LogP contribution in [0.25, 0.3) is 21.9 Å². The second-order valence-electron chi connectivity index (χ2n) is 5.47. The van der Waals surface area contributed by atoms with E-state index in [4.69, 9.17) is 4.98 Å². The van der Waals surface area contributed by atoms with Crippen molar-refractivity contribution in [2.24, 2.45) is 0 Å². The first kappa shape index (κ1) is 14.5. The summed E-state index contributed by atoms with van der Waals surface area (Å²) in [6.45, 7) is 6.77. The highest BCUT2D eigenvalue weighted by atomic mass is 16.1. The minimum atomic E-state index is -0.00510. The average molecular weight is 296 g/mol. The molecule has 5 nitrogen and oxygen atoms in total. The second kappa shape index (κ2) is 5.75. The summed E-state index contributed by atoms with van der Waals surface area (Å²) < 4.78 is 1.84. The van der Waals surface area contributed by atoms with Gasteiger partial charge in [0.2, 0.25) is 5.91 Å². The number of aromatic nitrogens is 3. The molecule has 22 heavy (non-hydrogen) atoms. The number of anilines is 1. The van der Waals surface area contributed by atoms with Crippen LogP contribution in [0.5, 0.6) is 0 Å². The SMILES string of the molecule is CCCC(=O)Nc1nn(CC)c2nc3c(C)cccc3cc12. The van der Waals surface area contributed by atoms with Crippen LogP contribution in [0.1, 0.15) is 32.3 Å². The minimum Gasteiger partial charge on any atom is -0.309 e. The van der Waals surface area contributed by atoms with Gasteiger partial charge in [0.1, 0.15) is 0 Å². The number of fused-ring (bicyclic) bond motifs is 2. The minimum absolute atomic E-state index is 0.00510. The molecule has 0 aliphatic rings. The van der Waals surface area contributed by atoms with Crippen LogP contribution in [0.3, 0.4) is 0 Å². The zero-order valence-corrected chi connectivity index (χ0v) is 13.2. The van der Waals surface area contributed by atoms with Crippen LogP contribution in [-0.4, -0.2) is 20.7 Å². The van der Waals surface area contributed by atoms with Crippen molar-refractivity contribution in [2.75, 3.05) is 5.32 Å². The number of benzene rings is 1. The summed E-state index contributed by atoms with van der Waals surface area (Å²) in [4.78, 5) is 16.7. The van der Waals surface area contributed by atoms with Gasteiger partial charge >= 0.3 is 0 Å². The number of amides is 1. The van der Waals surface area contributed by atoms with Crippen LogP contribution in [0, 0.1) is 6.92 Å². The van der Waals surface area contributed by atoms with Crippen LogP contribution < -0.4 is 5.32 Å². The van der Waals surface area contributed by atoms with Crippen molar-refractivity contribution < 1.29 is 4.79 Å². The van der Waals surface area contributed by atoms with Gasteiger partial charge in [0.25, 0.3) is 0 Å². The quantitative estimate of drug-likeness (QED) is 0.799. The number of nitrogens with zero attached hydrogens (tertiary/aromatic N) is 3. The smallest absolute Gasteiger partial charge is 0.225 e. The Morgan fingerprint density at radius 1 is 1.32 bits per heavy atom. The fraction of sp³-hybridized carbons (Fsp3) is 0.353. The molecule has 114 valence electrons. The maximum atomic E-state index is 11.9. The molecule has 0 radical (unpaired) electrons. The first-order valence-corrected chi connectivity index (χ1v) is 7.70. The predicted octanol–water partition coefficient (Wildman–Crippen LogP) is 3.65. The zero-order chi connectivity index (χ0) is 15.7. The Morgan fingerprint density at radius 2 is 2.14 bits per heavy atom. The van der Waals surface area contributed by atoms with E-state index < -0.39 is 0 Å². The molecule has 5 heteroatoms. The normalized spacial score (nSPS) is 11.2. The predicted molar refractivity (Wildman–Crippen MR) is 89.0 cm³/mol. The van der Waals surface area contributed by atoms with Crippen molar-refractivity contribution in [3.05, 3.63) is 29.8 Å². The van der Waals surface area contributed by atoms with Crippen LogP contribution in [0.4, 0.5) is 5.82 Å². The number of hydrogen-bond acceptors (Lipinski definition) is 3. The number of para-hydroxylation sites is 1. The molecule has 3 rings (SSSR count). The highest BCUT2D eigenvalue weighted by Crippen LogP contribution is 2.27. The number of carbonyl (C=O) groups excluding carboxylic acids is 1. The van der Waals surface area contributed by atoms with Gasteiger partial charge in [0.05, 0.1) is 10.9 Å². The molecule has 1 N–H and O–H groups in total. The molecular formula is C17H20N4O. The molecule has 0 saturated carbocycles. The van der Waals surface area contributed by atoms with Crippen molar-refractivity contribution in [3.63, 3.8) is 0 Å². The topological polar surface area (TPSA) is 59.8 Å². The van der Waals surface area contributed by atoms with Crippen molar-refractivity contribution in [3.8, 4) is 0 Å². The molecule has 3 aromatic rings. The fourth-order valence-corrected chi connectivity index (χ4v) is 2.66. The molecule has 2 heterocycles. The van der Waals surface area contributed by atoms with Crippen LogP contribution >= 0.6 is 0 Å². The maximum Gasteiger partial charge on any atom is 0.225 e. The van der Waals surface area contributed by atoms with Gasteiger partial charge in [0.15, 0.2) is 11.5 Å². The number of nitrogens with one attached hydrogen (secondary N) is 1. The van der Waals surface area contributed by atoms with Gasteiger partial charge in [0, 0.05) is 18.4 Å². The summed E-state index contributed by atoms with van der Waals surface area (Å²) in [5.41, 5.74) is 2.94. The molecule has 0 unspecified atom stereocenters. The molecule has 0 aliphatic heterocycles. The number of rotatable bonds is 4. The highest BCUT2D eigenvalue weighted by Gasteiger charge is 2.14. The standard InChI is InChI=1S/C17H20N4O/c1-4-7-14(22)18-16-13-10-12-9-6-8-11(3)15(12)19-17(13)21(5-2)20-16/h6,8-10H,4-5,7H2,1-3H3,(H,18,20,22). The molecular weight excluding hydrogens is 276 g/mol. The Bertz CT molecular complexity index is 851. The second-order valence-corrected chi connectivity index (χ2v) is 5.47. The van der Waals surface area contributed by atoms with Gasteiger partial charge in [-0.25, -0.2) is 9.67 Å². The molecule has 0 saturated heterocycles. The molecule has 1 aromatic carbocycles. The third-order valence-corrected chi connectivity index (χ3v) is 3.78. The van der Waals surface area contributed by atoms with E-state index in [1.54, 1.807) is 0 Å². The van der Waals surface area contributed by atoms with Crippen LogP contribution in [-0.2, 0) is 11.3 Å². The number of hydrogen-bond donors (Lipinski definition) is 1. The fourth-order valence-electron chi connectivity index (χ4n) is 2.66. The lowest BCUT2D eigenvalue weighted by molar-refractivity contribution is -0.116. The van der Waals surface area contributed by atoms with Crippen molar-refractivity contribution in [1.82, 2.24) is 14.8 Å². The molecule has 2 aromatic heterocycles. The van der Waals surface area contributed by atoms with Crippen LogP contribution in [0.2, 0.25) is 0 Å². The maximum absolute atomic E-state index is 11.9. The number of pyridine rings is 1. The summed E-state index contributed by atoms with van der Waals surface area (Å²) in [6.07, 6.45) is 1.32. The molecule has 0 aliphatic carbocycles. The summed E-state index contributed by atoms with van der Waals surface area (Å²) in [5, 5.41) is 9.37. The summed E-state index contributed by atoms with van der Waals surface area (Å²) in [6, 6.07) is 8.17. The van der Waals surface area contributed by atoms with Crippen molar-refractivity contribution >= 4 is 33.7 Å². The van der Waals surface area contributed by atoms with E-state index in [0.717, 1.165) is 33.9 Å². The van der Waals surface area contributed by atoms with E-state index in [-0.39, 0.29) is 5.91 Å². The van der Waals surface area contributed by atoms with E-state index in [1.807, 2.05) is 30.7 Å². The van der Waals surface area contributed by atoms with Gasteiger partial charge < -0.3 is 5.32 Å². The Labute approximate surface area is 129 Å². The average Bonchev–Trinajstić information content (AvgIpc) is 2.83. The Hall–Kier alpha value is -2.43. The molecule has 0 bridgehead atoms. The summed E-state index contributed by atoms with van der Waals surface area (Å²) in [5.74, 6) is 0.598. The van der Waals surface area contributed by atoms with E-state index in [1.165, 1.54) is 0 Å². The first-order valence-electron chi connectivity index (χ1n) is 7.70. The van der Waals surface area contributed by atoms with Gasteiger partial charge in [-0.3, -0.25) is 4.79 Å². The van der Waals surface area contributed by atoms with Gasteiger partial charge in [-0.15, -0.1) is 0 Å². The third-order valence-electron chi connectivity index (χ3n) is 3.78. The van der Waals surface area contributed by atoms with E-state index in [0.29, 0.717) is 18.8 Å². The lowest BCUT2D eigenvalue weighted by atomic mass is 10.1. The van der Waals surface area contributed by atoms with Crippen molar-refractivity contribution in [1.29, 1.82) is 0 Å². The first-order chi connectivity index (χ1) is 10.6. The number of aryl methyl sites for hydroxylation is 2.